The molecule has 1 saturated carbocycles. The molecule has 16 heavy (non-hydrogen) atoms. The largest absolute Gasteiger partial charge is 0.396 e. The van der Waals surface area contributed by atoms with E-state index in [1.807, 2.05) is 6.20 Å². The van der Waals surface area contributed by atoms with Crippen molar-refractivity contribution in [2.24, 2.45) is 5.92 Å². The van der Waals surface area contributed by atoms with Crippen molar-refractivity contribution in [1.29, 1.82) is 0 Å². The minimum absolute atomic E-state index is 0.148. The summed E-state index contributed by atoms with van der Waals surface area (Å²) in [5.74, 6) is 2.20. The molecule has 0 spiro atoms. The summed E-state index contributed by atoms with van der Waals surface area (Å²) in [6, 6.07) is 0. The monoisotopic (exact) mass is 222 g/mol. The van der Waals surface area contributed by atoms with Crippen LogP contribution in [0.4, 0.5) is 0 Å². The van der Waals surface area contributed by atoms with Gasteiger partial charge in [0, 0.05) is 23.7 Å². The van der Waals surface area contributed by atoms with Gasteiger partial charge < -0.3 is 10.1 Å². The van der Waals surface area contributed by atoms with Crippen LogP contribution in [0.3, 0.4) is 0 Å². The zero-order valence-electron chi connectivity index (χ0n) is 10.2. The van der Waals surface area contributed by atoms with E-state index in [2.05, 4.69) is 23.8 Å². The fourth-order valence-corrected chi connectivity index (χ4v) is 2.60. The van der Waals surface area contributed by atoms with Gasteiger partial charge in [-0.25, -0.2) is 4.98 Å². The van der Waals surface area contributed by atoms with Crippen molar-refractivity contribution in [3.05, 3.63) is 17.7 Å². The molecule has 0 aliphatic heterocycles. The lowest BCUT2D eigenvalue weighted by Gasteiger charge is -2.15. The van der Waals surface area contributed by atoms with Crippen molar-refractivity contribution in [2.45, 2.75) is 51.4 Å². The number of H-pyrrole nitrogens is 1. The van der Waals surface area contributed by atoms with Crippen molar-refractivity contribution in [2.75, 3.05) is 6.61 Å². The number of rotatable bonds is 4. The molecule has 1 heterocycles. The number of aliphatic hydroxyl groups is 1. The van der Waals surface area contributed by atoms with E-state index in [9.17, 15) is 5.11 Å². The quantitative estimate of drug-likeness (QED) is 0.823. The van der Waals surface area contributed by atoms with Crippen LogP contribution in [0.2, 0.25) is 0 Å². The molecule has 1 fully saturated rings. The first-order chi connectivity index (χ1) is 7.72. The van der Waals surface area contributed by atoms with Gasteiger partial charge in [-0.05, 0) is 18.8 Å². The molecular weight excluding hydrogens is 200 g/mol. The number of aromatic amines is 1. The molecule has 1 atom stereocenters. The zero-order chi connectivity index (χ0) is 11.5. The lowest BCUT2D eigenvalue weighted by Crippen LogP contribution is -2.13. The van der Waals surface area contributed by atoms with Gasteiger partial charge in [-0.1, -0.05) is 26.7 Å². The molecule has 3 heteroatoms. The highest BCUT2D eigenvalue weighted by Gasteiger charge is 2.22. The standard InChI is InChI=1S/C13H22N2O/c1-9(2)11(8-16)13-14-7-12(15-13)10-5-3-4-6-10/h7,9-11,16H,3-6,8H2,1-2H3,(H,14,15). The van der Waals surface area contributed by atoms with E-state index < -0.39 is 0 Å². The number of hydrogen-bond donors (Lipinski definition) is 2. The highest BCUT2D eigenvalue weighted by molar-refractivity contribution is 5.12. The zero-order valence-corrected chi connectivity index (χ0v) is 10.2. The molecule has 0 saturated heterocycles. The maximum Gasteiger partial charge on any atom is 0.111 e. The predicted octanol–water partition coefficient (Wildman–Crippen LogP) is 2.80. The number of aromatic nitrogens is 2. The molecule has 90 valence electrons. The lowest BCUT2D eigenvalue weighted by molar-refractivity contribution is 0.232. The van der Waals surface area contributed by atoms with E-state index in [0.29, 0.717) is 11.8 Å². The molecular formula is C13H22N2O. The number of nitrogens with one attached hydrogen (secondary N) is 1. The molecule has 1 aliphatic carbocycles. The number of imidazole rings is 1. The molecule has 1 aromatic heterocycles. The second-order valence-electron chi connectivity index (χ2n) is 5.24. The summed E-state index contributed by atoms with van der Waals surface area (Å²) in [6.07, 6.45) is 7.22. The van der Waals surface area contributed by atoms with Gasteiger partial charge in [-0.3, -0.25) is 0 Å². The van der Waals surface area contributed by atoms with Crippen LogP contribution >= 0.6 is 0 Å². The smallest absolute Gasteiger partial charge is 0.111 e. The third-order valence-corrected chi connectivity index (χ3v) is 3.76. The first kappa shape index (κ1) is 11.6. The minimum Gasteiger partial charge on any atom is -0.396 e. The number of nitrogens with zero attached hydrogens (tertiary/aromatic N) is 1. The average molecular weight is 222 g/mol. The average Bonchev–Trinajstić information content (AvgIpc) is 2.86. The Balaban J connectivity index is 2.11. The highest BCUT2D eigenvalue weighted by atomic mass is 16.3. The molecule has 1 aromatic rings. The van der Waals surface area contributed by atoms with Crippen LogP contribution in [0.5, 0.6) is 0 Å². The molecule has 2 N–H and O–H groups in total. The van der Waals surface area contributed by atoms with Gasteiger partial charge in [0.25, 0.3) is 0 Å². The Kier molecular flexibility index (Phi) is 3.64. The molecule has 1 unspecified atom stereocenters. The molecule has 0 radical (unpaired) electrons. The summed E-state index contributed by atoms with van der Waals surface area (Å²) >= 11 is 0. The molecule has 3 nitrogen and oxygen atoms in total. The van der Waals surface area contributed by atoms with Crippen LogP contribution in [0, 0.1) is 5.92 Å². The summed E-state index contributed by atoms with van der Waals surface area (Å²) in [4.78, 5) is 7.85. The van der Waals surface area contributed by atoms with Crippen LogP contribution in [0.15, 0.2) is 6.20 Å². The second kappa shape index (κ2) is 5.00. The summed E-state index contributed by atoms with van der Waals surface area (Å²) < 4.78 is 0. The molecule has 0 aromatic carbocycles. The maximum absolute atomic E-state index is 9.36. The molecule has 1 aliphatic rings. The highest BCUT2D eigenvalue weighted by Crippen LogP contribution is 2.34. The second-order valence-corrected chi connectivity index (χ2v) is 5.24. The number of aliphatic hydroxyl groups excluding tert-OH is 1. The van der Waals surface area contributed by atoms with E-state index >= 15 is 0 Å². The Morgan fingerprint density at radius 2 is 2.12 bits per heavy atom. The van der Waals surface area contributed by atoms with E-state index in [1.165, 1.54) is 31.4 Å². The van der Waals surface area contributed by atoms with Crippen LogP contribution in [-0.2, 0) is 0 Å². The van der Waals surface area contributed by atoms with Crippen LogP contribution < -0.4 is 0 Å². The van der Waals surface area contributed by atoms with Crippen molar-refractivity contribution < 1.29 is 5.11 Å². The first-order valence-electron chi connectivity index (χ1n) is 6.38. The van der Waals surface area contributed by atoms with Crippen LogP contribution in [0.1, 0.15) is 62.9 Å². The van der Waals surface area contributed by atoms with Gasteiger partial charge in [-0.15, -0.1) is 0 Å². The van der Waals surface area contributed by atoms with E-state index in [-0.39, 0.29) is 12.5 Å². The van der Waals surface area contributed by atoms with Gasteiger partial charge in [0.2, 0.25) is 0 Å². The van der Waals surface area contributed by atoms with Gasteiger partial charge in [-0.2, -0.15) is 0 Å². The third kappa shape index (κ3) is 2.29. The summed E-state index contributed by atoms with van der Waals surface area (Å²) in [5.41, 5.74) is 1.27. The molecule has 0 amide bonds. The SMILES string of the molecule is CC(C)C(CO)c1ncc(C2CCCC2)[nH]1. The van der Waals surface area contributed by atoms with Crippen LogP contribution in [0.25, 0.3) is 0 Å². The Labute approximate surface area is 97.3 Å². The Morgan fingerprint density at radius 1 is 1.44 bits per heavy atom. The minimum atomic E-state index is 0.148. The lowest BCUT2D eigenvalue weighted by atomic mass is 9.96. The van der Waals surface area contributed by atoms with Crippen molar-refractivity contribution >= 4 is 0 Å². The van der Waals surface area contributed by atoms with Gasteiger partial charge >= 0.3 is 0 Å². The van der Waals surface area contributed by atoms with Gasteiger partial charge in [0.1, 0.15) is 5.82 Å². The topological polar surface area (TPSA) is 48.9 Å². The van der Waals surface area contributed by atoms with Crippen molar-refractivity contribution in [3.8, 4) is 0 Å². The third-order valence-electron chi connectivity index (χ3n) is 3.76. The Hall–Kier alpha value is -0.830. The van der Waals surface area contributed by atoms with Gasteiger partial charge in [0.05, 0.1) is 6.61 Å². The normalized spacial score (nSPS) is 19.5. The maximum atomic E-state index is 9.36. The summed E-state index contributed by atoms with van der Waals surface area (Å²) in [6.45, 7) is 4.42. The van der Waals surface area contributed by atoms with Gasteiger partial charge in [0.15, 0.2) is 0 Å². The fourth-order valence-electron chi connectivity index (χ4n) is 2.60. The fraction of sp³-hybridized carbons (Fsp3) is 0.769. The van der Waals surface area contributed by atoms with Crippen molar-refractivity contribution in [3.63, 3.8) is 0 Å². The van der Waals surface area contributed by atoms with E-state index in [0.717, 1.165) is 5.82 Å². The first-order valence-corrected chi connectivity index (χ1v) is 6.38. The predicted molar refractivity (Wildman–Crippen MR) is 64.5 cm³/mol. The molecule has 2 rings (SSSR count). The Morgan fingerprint density at radius 3 is 2.69 bits per heavy atom. The summed E-state index contributed by atoms with van der Waals surface area (Å²) in [7, 11) is 0. The van der Waals surface area contributed by atoms with E-state index in [4.69, 9.17) is 0 Å². The molecule has 0 bridgehead atoms. The number of hydrogen-bond acceptors (Lipinski definition) is 2. The van der Waals surface area contributed by atoms with Crippen LogP contribution in [-0.4, -0.2) is 21.7 Å². The van der Waals surface area contributed by atoms with E-state index in [1.54, 1.807) is 0 Å². The Bertz CT molecular complexity index is 326. The summed E-state index contributed by atoms with van der Waals surface area (Å²) in [5, 5.41) is 9.36. The van der Waals surface area contributed by atoms with Crippen molar-refractivity contribution in [1.82, 2.24) is 9.97 Å².